The molecule has 4 atom stereocenters. The molecule has 1 aromatic carbocycles. The van der Waals surface area contributed by atoms with Gasteiger partial charge in [0.2, 0.25) is 23.6 Å². The number of carbonyl (C=O) groups excluding carboxylic acids is 4. The van der Waals surface area contributed by atoms with Gasteiger partial charge in [-0.05, 0) is 37.7 Å². The van der Waals surface area contributed by atoms with Crippen LogP contribution in [0, 0.1) is 0 Å². The average molecular weight is 533 g/mol. The molecule has 11 N–H and O–H groups in total. The topological polar surface area (TPSA) is 249 Å². The Morgan fingerprint density at radius 1 is 1.05 bits per heavy atom. The Labute approximate surface area is 220 Å². The fourth-order valence-electron chi connectivity index (χ4n) is 4.17. The van der Waals surface area contributed by atoms with Gasteiger partial charge in [-0.3, -0.25) is 24.2 Å². The highest BCUT2D eigenvalue weighted by atomic mass is 16.4. The third-order valence-corrected chi connectivity index (χ3v) is 6.05. The van der Waals surface area contributed by atoms with Crippen molar-refractivity contribution >= 4 is 35.6 Å². The van der Waals surface area contributed by atoms with E-state index in [4.69, 9.17) is 22.9 Å². The number of guanidine groups is 1. The monoisotopic (exact) mass is 532 g/mol. The van der Waals surface area contributed by atoms with E-state index in [2.05, 4.69) is 15.6 Å². The van der Waals surface area contributed by atoms with Gasteiger partial charge in [0.1, 0.15) is 18.1 Å². The van der Waals surface area contributed by atoms with Gasteiger partial charge >= 0.3 is 5.97 Å². The third-order valence-electron chi connectivity index (χ3n) is 6.05. The lowest BCUT2D eigenvalue weighted by Gasteiger charge is -2.30. The molecule has 14 heteroatoms. The lowest BCUT2D eigenvalue weighted by Crippen LogP contribution is -2.57. The van der Waals surface area contributed by atoms with Crippen molar-refractivity contribution in [3.8, 4) is 0 Å². The summed E-state index contributed by atoms with van der Waals surface area (Å²) in [4.78, 5) is 67.1. The molecule has 38 heavy (non-hydrogen) atoms. The zero-order valence-electron chi connectivity index (χ0n) is 21.0. The van der Waals surface area contributed by atoms with Crippen molar-refractivity contribution in [2.45, 2.75) is 62.7 Å². The van der Waals surface area contributed by atoms with Crippen LogP contribution in [-0.4, -0.2) is 82.8 Å². The van der Waals surface area contributed by atoms with Gasteiger partial charge in [-0.15, -0.1) is 0 Å². The van der Waals surface area contributed by atoms with Gasteiger partial charge in [-0.2, -0.15) is 0 Å². The first-order chi connectivity index (χ1) is 18.0. The number of hydrogen-bond donors (Lipinski definition) is 7. The minimum Gasteiger partial charge on any atom is -0.480 e. The van der Waals surface area contributed by atoms with Crippen molar-refractivity contribution in [2.75, 3.05) is 13.1 Å². The van der Waals surface area contributed by atoms with E-state index in [1.807, 2.05) is 30.3 Å². The van der Waals surface area contributed by atoms with E-state index < -0.39 is 60.2 Å². The molecule has 0 saturated carbocycles. The first kappa shape index (κ1) is 30.0. The second kappa shape index (κ2) is 14.5. The third kappa shape index (κ3) is 9.35. The van der Waals surface area contributed by atoms with Crippen molar-refractivity contribution in [1.29, 1.82) is 0 Å². The number of nitrogens with zero attached hydrogens (tertiary/aromatic N) is 2. The minimum absolute atomic E-state index is 0.109. The number of carbonyl (C=O) groups is 5. The largest absolute Gasteiger partial charge is 0.480 e. The van der Waals surface area contributed by atoms with E-state index in [-0.39, 0.29) is 38.3 Å². The van der Waals surface area contributed by atoms with Crippen LogP contribution in [0.25, 0.3) is 0 Å². The molecule has 0 spiro atoms. The Morgan fingerprint density at radius 3 is 2.34 bits per heavy atom. The Hall–Kier alpha value is -4.20. The maximum atomic E-state index is 13.5. The van der Waals surface area contributed by atoms with Gasteiger partial charge in [0.15, 0.2) is 5.96 Å². The molecule has 4 unspecified atom stereocenters. The van der Waals surface area contributed by atoms with Gasteiger partial charge in [0.25, 0.3) is 0 Å². The second-order valence-corrected chi connectivity index (χ2v) is 9.07. The van der Waals surface area contributed by atoms with Gasteiger partial charge in [-0.1, -0.05) is 30.3 Å². The van der Waals surface area contributed by atoms with E-state index in [0.29, 0.717) is 12.8 Å². The molecule has 4 amide bonds. The standard InChI is InChI=1S/C24H36N8O6/c25-15(12-14-6-2-1-3-7-14)20(34)30-16(8-4-10-29-24(27)28)22(36)32-11-5-9-18(32)21(35)31-17(23(37)38)13-19(26)33/h1-3,6-7,15-18H,4-5,8-13,25H2,(H2,26,33)(H,30,34)(H,31,35)(H,37,38)(H4,27,28,29). The van der Waals surface area contributed by atoms with Crippen molar-refractivity contribution in [1.82, 2.24) is 15.5 Å². The smallest absolute Gasteiger partial charge is 0.326 e. The summed E-state index contributed by atoms with van der Waals surface area (Å²) >= 11 is 0. The van der Waals surface area contributed by atoms with Crippen molar-refractivity contribution < 1.29 is 29.1 Å². The predicted octanol–water partition coefficient (Wildman–Crippen LogP) is -2.47. The number of aliphatic imine (C=N–C) groups is 1. The molecule has 208 valence electrons. The molecule has 0 aromatic heterocycles. The van der Waals surface area contributed by atoms with E-state index >= 15 is 0 Å². The van der Waals surface area contributed by atoms with Crippen LogP contribution in [0.3, 0.4) is 0 Å². The molecular weight excluding hydrogens is 496 g/mol. The predicted molar refractivity (Wildman–Crippen MR) is 138 cm³/mol. The highest BCUT2D eigenvalue weighted by Gasteiger charge is 2.39. The van der Waals surface area contributed by atoms with E-state index in [0.717, 1.165) is 5.56 Å². The van der Waals surface area contributed by atoms with Crippen molar-refractivity contribution in [3.63, 3.8) is 0 Å². The zero-order valence-corrected chi connectivity index (χ0v) is 21.0. The van der Waals surface area contributed by atoms with Crippen LogP contribution in [0.2, 0.25) is 0 Å². The van der Waals surface area contributed by atoms with Crippen molar-refractivity contribution in [2.24, 2.45) is 27.9 Å². The van der Waals surface area contributed by atoms with E-state index in [9.17, 15) is 29.1 Å². The van der Waals surface area contributed by atoms with Gasteiger partial charge < -0.3 is 43.6 Å². The summed E-state index contributed by atoms with van der Waals surface area (Å²) in [5.74, 6) is -4.22. The number of hydrogen-bond acceptors (Lipinski definition) is 7. The van der Waals surface area contributed by atoms with Crippen LogP contribution in [0.15, 0.2) is 35.3 Å². The number of aliphatic carboxylic acids is 1. The number of amides is 4. The van der Waals surface area contributed by atoms with Crippen LogP contribution in [-0.2, 0) is 30.4 Å². The van der Waals surface area contributed by atoms with E-state index in [1.54, 1.807) is 0 Å². The summed E-state index contributed by atoms with van der Waals surface area (Å²) in [6.45, 7) is 0.441. The summed E-state index contributed by atoms with van der Waals surface area (Å²) in [5, 5.41) is 14.3. The highest BCUT2D eigenvalue weighted by Crippen LogP contribution is 2.20. The van der Waals surface area contributed by atoms with Crippen LogP contribution in [0.1, 0.15) is 37.7 Å². The number of rotatable bonds is 14. The molecule has 0 bridgehead atoms. The first-order valence-electron chi connectivity index (χ1n) is 12.3. The number of carboxylic acid groups (broad SMARTS) is 1. The summed E-state index contributed by atoms with van der Waals surface area (Å²) in [6, 6.07) is 4.72. The minimum atomic E-state index is -1.52. The SMILES string of the molecule is NC(=O)CC(NC(=O)C1CCCN1C(=O)C(CCCN=C(N)N)NC(=O)C(N)Cc1ccccc1)C(=O)O. The number of likely N-dealkylation sites (tertiary alicyclic amines) is 1. The maximum Gasteiger partial charge on any atom is 0.326 e. The van der Waals surface area contributed by atoms with E-state index in [1.165, 1.54) is 4.90 Å². The molecule has 1 aliphatic rings. The molecule has 14 nitrogen and oxygen atoms in total. The molecule has 1 fully saturated rings. The summed E-state index contributed by atoms with van der Waals surface area (Å²) in [5.41, 5.74) is 22.7. The normalized spacial score (nSPS) is 17.1. The number of benzene rings is 1. The molecule has 1 aromatic rings. The van der Waals surface area contributed by atoms with Crippen molar-refractivity contribution in [3.05, 3.63) is 35.9 Å². The molecule has 1 aliphatic heterocycles. The summed E-state index contributed by atoms with van der Waals surface area (Å²) in [7, 11) is 0. The van der Waals surface area contributed by atoms with Crippen LogP contribution < -0.4 is 33.6 Å². The Bertz CT molecular complexity index is 1030. The maximum absolute atomic E-state index is 13.5. The molecule has 1 heterocycles. The highest BCUT2D eigenvalue weighted by molar-refractivity contribution is 5.95. The molecule has 0 aliphatic carbocycles. The number of primary amides is 1. The lowest BCUT2D eigenvalue weighted by molar-refractivity contribution is -0.146. The Morgan fingerprint density at radius 2 is 1.74 bits per heavy atom. The first-order valence-corrected chi connectivity index (χ1v) is 12.3. The fourth-order valence-corrected chi connectivity index (χ4v) is 4.17. The molecule has 2 rings (SSSR count). The number of nitrogens with one attached hydrogen (secondary N) is 2. The Balaban J connectivity index is 2.14. The van der Waals surface area contributed by atoms with Gasteiger partial charge in [0.05, 0.1) is 12.5 Å². The van der Waals surface area contributed by atoms with Crippen LogP contribution >= 0.6 is 0 Å². The molecule has 0 radical (unpaired) electrons. The fraction of sp³-hybridized carbons (Fsp3) is 0.500. The summed E-state index contributed by atoms with van der Waals surface area (Å²) < 4.78 is 0. The summed E-state index contributed by atoms with van der Waals surface area (Å²) in [6.07, 6.45) is 0.954. The van der Waals surface area contributed by atoms with Gasteiger partial charge in [-0.25, -0.2) is 4.79 Å². The van der Waals surface area contributed by atoms with Crippen LogP contribution in [0.4, 0.5) is 0 Å². The quantitative estimate of drug-likeness (QED) is 0.0760. The molecule has 1 saturated heterocycles. The Kier molecular flexibility index (Phi) is 11.5. The number of nitrogens with two attached hydrogens (primary N) is 4. The van der Waals surface area contributed by atoms with Crippen LogP contribution in [0.5, 0.6) is 0 Å². The van der Waals surface area contributed by atoms with Gasteiger partial charge in [0, 0.05) is 13.1 Å². The lowest BCUT2D eigenvalue weighted by atomic mass is 10.0. The average Bonchev–Trinajstić information content (AvgIpc) is 3.35. The molecular formula is C24H36N8O6. The zero-order chi connectivity index (χ0) is 28.2. The number of carboxylic acids is 1. The second-order valence-electron chi connectivity index (χ2n) is 9.07.